The molecule has 0 spiro atoms. The highest BCUT2D eigenvalue weighted by molar-refractivity contribution is 6.32. The standard InChI is InChI=1S/C14H22ClN3O/c1-9-5-11(13(15)17-8-9)18-12(19)6-10(16)7-14(2,3)4/h5,8,10H,6-7,16H2,1-4H3,(H,18,19). The summed E-state index contributed by atoms with van der Waals surface area (Å²) in [5.41, 5.74) is 7.57. The van der Waals surface area contributed by atoms with Crippen molar-refractivity contribution in [2.45, 2.75) is 46.6 Å². The van der Waals surface area contributed by atoms with E-state index in [1.807, 2.05) is 6.92 Å². The Morgan fingerprint density at radius 1 is 1.53 bits per heavy atom. The van der Waals surface area contributed by atoms with Gasteiger partial charge in [0.25, 0.3) is 0 Å². The van der Waals surface area contributed by atoms with Gasteiger partial charge in [0.05, 0.1) is 5.69 Å². The van der Waals surface area contributed by atoms with Gasteiger partial charge >= 0.3 is 0 Å². The Morgan fingerprint density at radius 3 is 2.74 bits per heavy atom. The van der Waals surface area contributed by atoms with Crippen molar-refractivity contribution in [3.05, 3.63) is 23.0 Å². The lowest BCUT2D eigenvalue weighted by Gasteiger charge is -2.22. The summed E-state index contributed by atoms with van der Waals surface area (Å²) in [5, 5.41) is 3.05. The maximum Gasteiger partial charge on any atom is 0.226 e. The number of carbonyl (C=O) groups excluding carboxylic acids is 1. The number of aryl methyl sites for hydroxylation is 1. The van der Waals surface area contributed by atoms with E-state index in [1.54, 1.807) is 12.3 Å². The van der Waals surface area contributed by atoms with E-state index in [1.165, 1.54) is 0 Å². The van der Waals surface area contributed by atoms with Gasteiger partial charge in [0.1, 0.15) is 0 Å². The van der Waals surface area contributed by atoms with Crippen LogP contribution in [0.15, 0.2) is 12.3 Å². The van der Waals surface area contributed by atoms with Crippen LogP contribution in [0.5, 0.6) is 0 Å². The Bertz CT molecular complexity index is 454. The van der Waals surface area contributed by atoms with Crippen molar-refractivity contribution >= 4 is 23.2 Å². The van der Waals surface area contributed by atoms with Crippen molar-refractivity contribution in [2.75, 3.05) is 5.32 Å². The molecule has 0 bridgehead atoms. The fourth-order valence-electron chi connectivity index (χ4n) is 1.94. The number of pyridine rings is 1. The van der Waals surface area contributed by atoms with Crippen molar-refractivity contribution in [2.24, 2.45) is 11.1 Å². The Hall–Kier alpha value is -1.13. The van der Waals surface area contributed by atoms with E-state index in [9.17, 15) is 4.79 Å². The Morgan fingerprint density at radius 2 is 2.16 bits per heavy atom. The predicted molar refractivity (Wildman–Crippen MR) is 79.3 cm³/mol. The second-order valence-electron chi connectivity index (χ2n) is 6.13. The van der Waals surface area contributed by atoms with Crippen LogP contribution in [0.4, 0.5) is 5.69 Å². The lowest BCUT2D eigenvalue weighted by molar-refractivity contribution is -0.116. The molecule has 1 unspecified atom stereocenters. The van der Waals surface area contributed by atoms with Crippen molar-refractivity contribution in [1.29, 1.82) is 0 Å². The zero-order valence-electron chi connectivity index (χ0n) is 12.0. The normalized spacial score (nSPS) is 13.2. The molecule has 5 heteroatoms. The second-order valence-corrected chi connectivity index (χ2v) is 6.49. The first-order valence-corrected chi connectivity index (χ1v) is 6.73. The van der Waals surface area contributed by atoms with Crippen molar-refractivity contribution in [3.8, 4) is 0 Å². The summed E-state index contributed by atoms with van der Waals surface area (Å²) in [6, 6.07) is 1.64. The van der Waals surface area contributed by atoms with Gasteiger partial charge in [-0.05, 0) is 30.4 Å². The van der Waals surface area contributed by atoms with Gasteiger partial charge in [0, 0.05) is 18.7 Å². The molecular weight excluding hydrogens is 262 g/mol. The Kier molecular flexibility index (Phi) is 5.32. The number of nitrogens with two attached hydrogens (primary N) is 1. The van der Waals surface area contributed by atoms with Crippen LogP contribution in [-0.2, 0) is 4.79 Å². The lowest BCUT2D eigenvalue weighted by Crippen LogP contribution is -2.31. The minimum absolute atomic E-state index is 0.113. The molecule has 19 heavy (non-hydrogen) atoms. The van der Waals surface area contributed by atoms with Crippen molar-refractivity contribution < 1.29 is 4.79 Å². The fourth-order valence-corrected chi connectivity index (χ4v) is 2.09. The molecule has 1 amide bonds. The Balaban J connectivity index is 2.58. The van der Waals surface area contributed by atoms with Gasteiger partial charge < -0.3 is 11.1 Å². The van der Waals surface area contributed by atoms with Gasteiger partial charge in [-0.3, -0.25) is 4.79 Å². The molecule has 3 N–H and O–H groups in total. The zero-order chi connectivity index (χ0) is 14.6. The summed E-state index contributed by atoms with van der Waals surface area (Å²) in [5.74, 6) is -0.133. The van der Waals surface area contributed by atoms with Gasteiger partial charge in [0.15, 0.2) is 5.15 Å². The molecule has 1 rings (SSSR count). The molecule has 1 aromatic heterocycles. The second kappa shape index (κ2) is 6.35. The molecule has 0 radical (unpaired) electrons. The van der Waals surface area contributed by atoms with Crippen LogP contribution in [0, 0.1) is 12.3 Å². The van der Waals surface area contributed by atoms with Crippen molar-refractivity contribution in [1.82, 2.24) is 4.98 Å². The molecule has 0 aliphatic carbocycles. The first-order valence-electron chi connectivity index (χ1n) is 6.35. The Labute approximate surface area is 119 Å². The lowest BCUT2D eigenvalue weighted by atomic mass is 9.87. The third-order valence-corrected chi connectivity index (χ3v) is 2.87. The topological polar surface area (TPSA) is 68.0 Å². The summed E-state index contributed by atoms with van der Waals surface area (Å²) >= 11 is 5.93. The fraction of sp³-hybridized carbons (Fsp3) is 0.571. The first-order chi connectivity index (χ1) is 8.67. The van der Waals surface area contributed by atoms with Gasteiger partial charge in [-0.1, -0.05) is 32.4 Å². The molecule has 0 aliphatic rings. The van der Waals surface area contributed by atoms with Crippen LogP contribution in [0.3, 0.4) is 0 Å². The molecule has 1 aromatic rings. The first kappa shape index (κ1) is 15.9. The molecule has 106 valence electrons. The van der Waals surface area contributed by atoms with E-state index >= 15 is 0 Å². The van der Waals surface area contributed by atoms with Crippen LogP contribution in [-0.4, -0.2) is 16.9 Å². The van der Waals surface area contributed by atoms with E-state index in [4.69, 9.17) is 17.3 Å². The third-order valence-electron chi connectivity index (χ3n) is 2.57. The monoisotopic (exact) mass is 283 g/mol. The average molecular weight is 284 g/mol. The van der Waals surface area contributed by atoms with Crippen LogP contribution in [0.1, 0.15) is 39.2 Å². The third kappa shape index (κ3) is 6.03. The molecule has 0 aliphatic heterocycles. The molecular formula is C14H22ClN3O. The SMILES string of the molecule is Cc1cnc(Cl)c(NC(=O)CC(N)CC(C)(C)C)c1. The number of amides is 1. The maximum atomic E-state index is 11.9. The van der Waals surface area contributed by atoms with Crippen LogP contribution in [0.2, 0.25) is 5.15 Å². The van der Waals surface area contributed by atoms with E-state index in [2.05, 4.69) is 31.1 Å². The van der Waals surface area contributed by atoms with Gasteiger partial charge in [0.2, 0.25) is 5.91 Å². The summed E-state index contributed by atoms with van der Waals surface area (Å²) < 4.78 is 0. The van der Waals surface area contributed by atoms with Gasteiger partial charge in [-0.25, -0.2) is 4.98 Å². The summed E-state index contributed by atoms with van der Waals surface area (Å²) in [4.78, 5) is 15.9. The molecule has 4 nitrogen and oxygen atoms in total. The highest BCUT2D eigenvalue weighted by atomic mass is 35.5. The van der Waals surface area contributed by atoms with Crippen LogP contribution < -0.4 is 11.1 Å². The van der Waals surface area contributed by atoms with Gasteiger partial charge in [-0.15, -0.1) is 0 Å². The largest absolute Gasteiger partial charge is 0.327 e. The number of rotatable bonds is 4. The van der Waals surface area contributed by atoms with Crippen molar-refractivity contribution in [3.63, 3.8) is 0 Å². The van der Waals surface area contributed by atoms with E-state index in [0.29, 0.717) is 10.8 Å². The van der Waals surface area contributed by atoms with E-state index in [-0.39, 0.29) is 23.8 Å². The zero-order valence-corrected chi connectivity index (χ0v) is 12.7. The minimum Gasteiger partial charge on any atom is -0.327 e. The summed E-state index contributed by atoms with van der Waals surface area (Å²) in [7, 11) is 0. The predicted octanol–water partition coefficient (Wildman–Crippen LogP) is 3.14. The number of halogens is 1. The van der Waals surface area contributed by atoms with Crippen LogP contribution in [0.25, 0.3) is 0 Å². The number of nitrogens with one attached hydrogen (secondary N) is 1. The molecule has 0 aromatic carbocycles. The molecule has 1 heterocycles. The number of hydrogen-bond acceptors (Lipinski definition) is 3. The summed E-state index contributed by atoms with van der Waals surface area (Å²) in [6.45, 7) is 8.20. The van der Waals surface area contributed by atoms with E-state index in [0.717, 1.165) is 12.0 Å². The number of anilines is 1. The quantitative estimate of drug-likeness (QED) is 0.834. The number of aromatic nitrogens is 1. The highest BCUT2D eigenvalue weighted by Crippen LogP contribution is 2.22. The van der Waals surface area contributed by atoms with Crippen LogP contribution >= 0.6 is 11.6 Å². The number of nitrogens with zero attached hydrogens (tertiary/aromatic N) is 1. The van der Waals surface area contributed by atoms with E-state index < -0.39 is 0 Å². The average Bonchev–Trinajstić information content (AvgIpc) is 2.20. The molecule has 0 saturated heterocycles. The molecule has 0 saturated carbocycles. The summed E-state index contributed by atoms with van der Waals surface area (Å²) in [6.07, 6.45) is 2.73. The molecule has 0 fully saturated rings. The number of hydrogen-bond donors (Lipinski definition) is 2. The smallest absolute Gasteiger partial charge is 0.226 e. The maximum absolute atomic E-state index is 11.9. The highest BCUT2D eigenvalue weighted by Gasteiger charge is 2.18. The minimum atomic E-state index is -0.156. The molecule has 1 atom stereocenters. The number of carbonyl (C=O) groups is 1. The van der Waals surface area contributed by atoms with Gasteiger partial charge in [-0.2, -0.15) is 0 Å².